The normalized spacial score (nSPS) is 13.9. The lowest BCUT2D eigenvalue weighted by molar-refractivity contribution is 0.0988. The molecule has 0 atom stereocenters. The topological polar surface area (TPSA) is 45.2 Å². The largest absolute Gasteiger partial charge is 0.385 e. The van der Waals surface area contributed by atoms with E-state index in [9.17, 15) is 4.79 Å². The third-order valence-corrected chi connectivity index (χ3v) is 4.59. The summed E-state index contributed by atoms with van der Waals surface area (Å²) >= 11 is 0. The van der Waals surface area contributed by atoms with Crippen molar-refractivity contribution in [1.82, 2.24) is 4.98 Å². The van der Waals surface area contributed by atoms with Crippen molar-refractivity contribution in [2.24, 2.45) is 0 Å². The molecule has 1 aliphatic carbocycles. The number of amides is 1. The zero-order valence-corrected chi connectivity index (χ0v) is 14.7. The Hall–Kier alpha value is -2.62. The standard InChI is InChI=1S/C21H25N3O/c1-24(19-10-6-3-7-11-19)21(25)20-16-18(13-15-23-20)22-14-12-17-8-4-2-5-9-17/h3,6-8,10-11,13,15-16H,2,4-5,9,12,14H2,1H3,(H,22,23). The average Bonchev–Trinajstić information content (AvgIpc) is 2.68. The molecule has 0 radical (unpaired) electrons. The molecule has 4 nitrogen and oxygen atoms in total. The van der Waals surface area contributed by atoms with Gasteiger partial charge in [0, 0.05) is 31.2 Å². The zero-order valence-electron chi connectivity index (χ0n) is 14.7. The second-order valence-corrected chi connectivity index (χ2v) is 6.41. The van der Waals surface area contributed by atoms with Crippen LogP contribution < -0.4 is 10.2 Å². The van der Waals surface area contributed by atoms with Gasteiger partial charge in [-0.1, -0.05) is 29.8 Å². The van der Waals surface area contributed by atoms with Crippen molar-refractivity contribution in [3.63, 3.8) is 0 Å². The number of rotatable bonds is 6. The number of nitrogens with one attached hydrogen (secondary N) is 1. The Kier molecular flexibility index (Phi) is 5.83. The summed E-state index contributed by atoms with van der Waals surface area (Å²) in [5.74, 6) is -0.107. The summed E-state index contributed by atoms with van der Waals surface area (Å²) in [6.45, 7) is 0.887. The average molecular weight is 335 g/mol. The number of allylic oxidation sites excluding steroid dienone is 1. The highest BCUT2D eigenvalue weighted by atomic mass is 16.2. The highest BCUT2D eigenvalue weighted by Crippen LogP contribution is 2.20. The highest BCUT2D eigenvalue weighted by Gasteiger charge is 2.15. The van der Waals surface area contributed by atoms with E-state index in [2.05, 4.69) is 16.4 Å². The summed E-state index contributed by atoms with van der Waals surface area (Å²) in [4.78, 5) is 18.5. The molecule has 0 spiro atoms. The summed E-state index contributed by atoms with van der Waals surface area (Å²) in [7, 11) is 1.77. The first kappa shape index (κ1) is 17.2. The van der Waals surface area contributed by atoms with Crippen LogP contribution in [-0.2, 0) is 0 Å². The number of anilines is 2. The number of nitrogens with zero attached hydrogens (tertiary/aromatic N) is 2. The second-order valence-electron chi connectivity index (χ2n) is 6.41. The van der Waals surface area contributed by atoms with Crippen LogP contribution in [0.25, 0.3) is 0 Å². The van der Waals surface area contributed by atoms with Crippen molar-refractivity contribution in [3.8, 4) is 0 Å². The maximum atomic E-state index is 12.6. The molecule has 1 amide bonds. The highest BCUT2D eigenvalue weighted by molar-refractivity contribution is 6.04. The third kappa shape index (κ3) is 4.69. The van der Waals surface area contributed by atoms with Gasteiger partial charge in [-0.15, -0.1) is 0 Å². The summed E-state index contributed by atoms with van der Waals surface area (Å²) in [6.07, 6.45) is 10.2. The lowest BCUT2D eigenvalue weighted by Gasteiger charge is -2.17. The van der Waals surface area contributed by atoms with Crippen LogP contribution in [0.4, 0.5) is 11.4 Å². The molecule has 2 aromatic rings. The van der Waals surface area contributed by atoms with Gasteiger partial charge in [0.2, 0.25) is 0 Å². The number of carbonyl (C=O) groups is 1. The fourth-order valence-corrected chi connectivity index (χ4v) is 3.10. The lowest BCUT2D eigenvalue weighted by atomic mass is 9.97. The van der Waals surface area contributed by atoms with E-state index in [4.69, 9.17) is 0 Å². The van der Waals surface area contributed by atoms with Crippen molar-refractivity contribution in [3.05, 3.63) is 66.0 Å². The molecule has 4 heteroatoms. The van der Waals surface area contributed by atoms with E-state index >= 15 is 0 Å². The van der Waals surface area contributed by atoms with E-state index in [1.165, 1.54) is 25.7 Å². The van der Waals surface area contributed by atoms with E-state index in [1.807, 2.05) is 42.5 Å². The van der Waals surface area contributed by atoms with Crippen molar-refractivity contribution >= 4 is 17.3 Å². The maximum absolute atomic E-state index is 12.6. The minimum Gasteiger partial charge on any atom is -0.385 e. The molecular weight excluding hydrogens is 310 g/mol. The first-order chi connectivity index (χ1) is 12.2. The molecule has 0 unspecified atom stereocenters. The predicted molar refractivity (Wildman–Crippen MR) is 103 cm³/mol. The van der Waals surface area contributed by atoms with Gasteiger partial charge in [0.05, 0.1) is 0 Å². The Bertz CT molecular complexity index is 740. The second kappa shape index (κ2) is 8.47. The smallest absolute Gasteiger partial charge is 0.276 e. The molecule has 0 saturated carbocycles. The van der Waals surface area contributed by atoms with E-state index in [-0.39, 0.29) is 5.91 Å². The van der Waals surface area contributed by atoms with Crippen molar-refractivity contribution in [2.45, 2.75) is 32.1 Å². The monoisotopic (exact) mass is 335 g/mol. The number of benzene rings is 1. The van der Waals surface area contributed by atoms with Crippen LogP contribution in [0.2, 0.25) is 0 Å². The first-order valence-electron chi connectivity index (χ1n) is 8.95. The molecule has 1 aromatic heterocycles. The van der Waals surface area contributed by atoms with Crippen LogP contribution in [0.5, 0.6) is 0 Å². The number of pyridine rings is 1. The van der Waals surface area contributed by atoms with Gasteiger partial charge in [0.25, 0.3) is 5.91 Å². The van der Waals surface area contributed by atoms with Crippen LogP contribution in [0, 0.1) is 0 Å². The van der Waals surface area contributed by atoms with E-state index in [0.29, 0.717) is 5.69 Å². The van der Waals surface area contributed by atoms with Gasteiger partial charge in [0.15, 0.2) is 0 Å². The number of hydrogen-bond donors (Lipinski definition) is 1. The molecule has 0 fully saturated rings. The van der Waals surface area contributed by atoms with Crippen LogP contribution >= 0.6 is 0 Å². The van der Waals surface area contributed by atoms with Gasteiger partial charge >= 0.3 is 0 Å². The summed E-state index contributed by atoms with van der Waals surface area (Å²) < 4.78 is 0. The Morgan fingerprint density at radius 3 is 2.80 bits per heavy atom. The zero-order chi connectivity index (χ0) is 17.5. The fourth-order valence-electron chi connectivity index (χ4n) is 3.10. The summed E-state index contributed by atoms with van der Waals surface area (Å²) in [5, 5.41) is 3.41. The number of hydrogen-bond acceptors (Lipinski definition) is 3. The predicted octanol–water partition coefficient (Wildman–Crippen LogP) is 4.66. The molecule has 0 bridgehead atoms. The molecule has 1 N–H and O–H groups in total. The molecule has 25 heavy (non-hydrogen) atoms. The first-order valence-corrected chi connectivity index (χ1v) is 8.95. The van der Waals surface area contributed by atoms with Crippen LogP contribution in [0.3, 0.4) is 0 Å². The number of aromatic nitrogens is 1. The van der Waals surface area contributed by atoms with Gasteiger partial charge < -0.3 is 10.2 Å². The Balaban J connectivity index is 1.60. The van der Waals surface area contributed by atoms with Crippen LogP contribution in [0.1, 0.15) is 42.6 Å². The van der Waals surface area contributed by atoms with Crippen molar-refractivity contribution in [2.75, 3.05) is 23.8 Å². The maximum Gasteiger partial charge on any atom is 0.276 e. The minimum atomic E-state index is -0.107. The van der Waals surface area contributed by atoms with Gasteiger partial charge in [0.1, 0.15) is 5.69 Å². The van der Waals surface area contributed by atoms with E-state index in [0.717, 1.165) is 24.3 Å². The lowest BCUT2D eigenvalue weighted by Crippen LogP contribution is -2.27. The van der Waals surface area contributed by atoms with E-state index in [1.54, 1.807) is 23.7 Å². The Labute approximate surface area is 149 Å². The Morgan fingerprint density at radius 2 is 2.04 bits per heavy atom. The third-order valence-electron chi connectivity index (χ3n) is 4.59. The molecule has 1 heterocycles. The molecule has 1 aliphatic rings. The number of para-hydroxylation sites is 1. The fraction of sp³-hybridized carbons (Fsp3) is 0.333. The molecule has 0 saturated heterocycles. The molecule has 3 rings (SSSR count). The van der Waals surface area contributed by atoms with E-state index < -0.39 is 0 Å². The molecule has 0 aliphatic heterocycles. The van der Waals surface area contributed by atoms with Gasteiger partial charge in [-0.25, -0.2) is 0 Å². The van der Waals surface area contributed by atoms with Crippen LogP contribution in [-0.4, -0.2) is 24.5 Å². The quantitative estimate of drug-likeness (QED) is 0.781. The van der Waals surface area contributed by atoms with Gasteiger partial charge in [-0.05, 0) is 56.4 Å². The summed E-state index contributed by atoms with van der Waals surface area (Å²) in [6, 6.07) is 13.3. The molecule has 130 valence electrons. The number of carbonyl (C=O) groups excluding carboxylic acids is 1. The molecule has 1 aromatic carbocycles. The van der Waals surface area contributed by atoms with Crippen LogP contribution in [0.15, 0.2) is 60.3 Å². The Morgan fingerprint density at radius 1 is 1.20 bits per heavy atom. The summed E-state index contributed by atoms with van der Waals surface area (Å²) in [5.41, 5.74) is 3.80. The van der Waals surface area contributed by atoms with Crippen molar-refractivity contribution < 1.29 is 4.79 Å². The molecular formula is C21H25N3O. The van der Waals surface area contributed by atoms with Crippen molar-refractivity contribution in [1.29, 1.82) is 0 Å². The van der Waals surface area contributed by atoms with Gasteiger partial charge in [-0.2, -0.15) is 0 Å². The minimum absolute atomic E-state index is 0.107. The SMILES string of the molecule is CN(C(=O)c1cc(NCCC2=CCCCC2)ccn1)c1ccccc1. The van der Waals surface area contributed by atoms with Gasteiger partial charge in [-0.3, -0.25) is 9.78 Å².